The van der Waals surface area contributed by atoms with Crippen LogP contribution in [0, 0.1) is 19.8 Å². The normalized spacial score (nSPS) is 11.7. The van der Waals surface area contributed by atoms with Crippen LogP contribution in [0.1, 0.15) is 27.3 Å². The first-order valence-electron chi connectivity index (χ1n) is 7.46. The van der Waals surface area contributed by atoms with Crippen LogP contribution in [0.3, 0.4) is 0 Å². The van der Waals surface area contributed by atoms with Crippen molar-refractivity contribution in [3.05, 3.63) is 65.0 Å². The van der Waals surface area contributed by atoms with Gasteiger partial charge in [-0.1, -0.05) is 35.9 Å². The molecule has 0 saturated heterocycles. The summed E-state index contributed by atoms with van der Waals surface area (Å²) >= 11 is 0. The molecule has 1 aromatic heterocycles. The van der Waals surface area contributed by atoms with Gasteiger partial charge in [0.15, 0.2) is 0 Å². The van der Waals surface area contributed by atoms with Crippen molar-refractivity contribution in [1.82, 2.24) is 10.3 Å². The number of aromatic nitrogens is 1. The minimum Gasteiger partial charge on any atom is -0.481 e. The van der Waals surface area contributed by atoms with Crippen LogP contribution in [-0.2, 0) is 11.2 Å². The van der Waals surface area contributed by atoms with Crippen molar-refractivity contribution in [2.75, 3.05) is 6.54 Å². The number of aliphatic carboxylic acids is 1. The van der Waals surface area contributed by atoms with Crippen LogP contribution in [0.25, 0.3) is 0 Å². The summed E-state index contributed by atoms with van der Waals surface area (Å²) in [6, 6.07) is 12.9. The van der Waals surface area contributed by atoms with E-state index in [0.29, 0.717) is 12.1 Å². The van der Waals surface area contributed by atoms with Crippen molar-refractivity contribution in [1.29, 1.82) is 0 Å². The summed E-state index contributed by atoms with van der Waals surface area (Å²) in [5.74, 6) is -1.96. The number of hydrogen-bond donors (Lipinski definition) is 2. The van der Waals surface area contributed by atoms with Gasteiger partial charge >= 0.3 is 5.97 Å². The summed E-state index contributed by atoms with van der Waals surface area (Å²) in [6.45, 7) is 3.83. The summed E-state index contributed by atoms with van der Waals surface area (Å²) in [7, 11) is 0. The van der Waals surface area contributed by atoms with Gasteiger partial charge in [0.05, 0.1) is 5.92 Å². The molecule has 0 bridgehead atoms. The fourth-order valence-electron chi connectivity index (χ4n) is 2.35. The van der Waals surface area contributed by atoms with E-state index in [1.807, 2.05) is 31.2 Å². The zero-order valence-electron chi connectivity index (χ0n) is 13.2. The van der Waals surface area contributed by atoms with Crippen LogP contribution in [0.5, 0.6) is 0 Å². The Hall–Kier alpha value is -2.69. The van der Waals surface area contributed by atoms with Crippen LogP contribution in [-0.4, -0.2) is 28.5 Å². The second kappa shape index (κ2) is 7.54. The molecule has 5 nitrogen and oxygen atoms in total. The minimum atomic E-state index is -0.927. The topological polar surface area (TPSA) is 79.3 Å². The van der Waals surface area contributed by atoms with Gasteiger partial charge in [-0.2, -0.15) is 0 Å². The third-order valence-corrected chi connectivity index (χ3v) is 3.54. The molecule has 2 N–H and O–H groups in total. The lowest BCUT2D eigenvalue weighted by atomic mass is 9.98. The van der Waals surface area contributed by atoms with E-state index in [1.54, 1.807) is 25.1 Å². The van der Waals surface area contributed by atoms with Crippen LogP contribution in [0.15, 0.2) is 42.5 Å². The first kappa shape index (κ1) is 16.7. The summed E-state index contributed by atoms with van der Waals surface area (Å²) in [4.78, 5) is 27.6. The van der Waals surface area contributed by atoms with Crippen molar-refractivity contribution in [3.63, 3.8) is 0 Å². The van der Waals surface area contributed by atoms with E-state index in [-0.39, 0.29) is 12.5 Å². The van der Waals surface area contributed by atoms with Gasteiger partial charge in [0.1, 0.15) is 5.69 Å². The number of aryl methyl sites for hydroxylation is 2. The van der Waals surface area contributed by atoms with E-state index in [1.165, 1.54) is 0 Å². The largest absolute Gasteiger partial charge is 0.481 e. The number of nitrogens with one attached hydrogen (secondary N) is 1. The number of pyridine rings is 1. The molecule has 2 rings (SSSR count). The van der Waals surface area contributed by atoms with Gasteiger partial charge in [-0.15, -0.1) is 0 Å². The zero-order valence-corrected chi connectivity index (χ0v) is 13.2. The molecule has 1 unspecified atom stereocenters. The third kappa shape index (κ3) is 4.92. The van der Waals surface area contributed by atoms with E-state index < -0.39 is 11.9 Å². The second-order valence-corrected chi connectivity index (χ2v) is 5.60. The molecule has 2 aromatic rings. The molecular weight excluding hydrogens is 292 g/mol. The van der Waals surface area contributed by atoms with E-state index in [2.05, 4.69) is 10.3 Å². The van der Waals surface area contributed by atoms with Crippen molar-refractivity contribution < 1.29 is 14.7 Å². The van der Waals surface area contributed by atoms with Crippen molar-refractivity contribution in [3.8, 4) is 0 Å². The standard InChI is InChI=1S/C18H20N2O3/c1-12-5-3-7-14(9-12)10-15(18(22)23)11-19-17(21)16-8-4-6-13(2)20-16/h3-9,15H,10-11H2,1-2H3,(H,19,21)(H,22,23). The number of carboxylic acid groups (broad SMARTS) is 1. The number of rotatable bonds is 6. The molecule has 1 aromatic carbocycles. The monoisotopic (exact) mass is 312 g/mol. The van der Waals surface area contributed by atoms with E-state index in [4.69, 9.17) is 0 Å². The fraction of sp³-hybridized carbons (Fsp3) is 0.278. The molecule has 0 aliphatic heterocycles. The van der Waals surface area contributed by atoms with Crippen LogP contribution >= 0.6 is 0 Å². The maximum Gasteiger partial charge on any atom is 0.308 e. The van der Waals surface area contributed by atoms with E-state index in [9.17, 15) is 14.7 Å². The van der Waals surface area contributed by atoms with Crippen molar-refractivity contribution >= 4 is 11.9 Å². The van der Waals surface area contributed by atoms with Gasteiger partial charge < -0.3 is 10.4 Å². The molecule has 1 heterocycles. The Morgan fingerprint density at radius 3 is 2.57 bits per heavy atom. The number of amides is 1. The molecule has 1 amide bonds. The Morgan fingerprint density at radius 2 is 1.91 bits per heavy atom. The van der Waals surface area contributed by atoms with E-state index >= 15 is 0 Å². The minimum absolute atomic E-state index is 0.0672. The van der Waals surface area contributed by atoms with Crippen LogP contribution < -0.4 is 5.32 Å². The SMILES string of the molecule is Cc1cccc(CC(CNC(=O)c2cccc(C)n2)C(=O)O)c1. The number of carbonyl (C=O) groups excluding carboxylic acids is 1. The van der Waals surface area contributed by atoms with E-state index in [0.717, 1.165) is 16.8 Å². The molecule has 0 aliphatic carbocycles. The highest BCUT2D eigenvalue weighted by Gasteiger charge is 2.19. The Bertz CT molecular complexity index is 713. The summed E-state index contributed by atoms with van der Waals surface area (Å²) in [6.07, 6.45) is 0.374. The molecule has 23 heavy (non-hydrogen) atoms. The summed E-state index contributed by atoms with van der Waals surface area (Å²) in [5, 5.41) is 12.0. The molecule has 0 radical (unpaired) electrons. The van der Waals surface area contributed by atoms with Gasteiger partial charge in [-0.3, -0.25) is 9.59 Å². The number of nitrogens with zero attached hydrogens (tertiary/aromatic N) is 1. The number of hydrogen-bond acceptors (Lipinski definition) is 3. The average molecular weight is 312 g/mol. The molecule has 1 atom stereocenters. The zero-order chi connectivity index (χ0) is 16.8. The third-order valence-electron chi connectivity index (χ3n) is 3.54. The van der Waals surface area contributed by atoms with Gasteiger partial charge in [-0.25, -0.2) is 4.98 Å². The predicted molar refractivity (Wildman–Crippen MR) is 87.3 cm³/mol. The van der Waals surface area contributed by atoms with Crippen LogP contribution in [0.4, 0.5) is 0 Å². The predicted octanol–water partition coefficient (Wildman–Crippen LogP) is 2.37. The first-order valence-corrected chi connectivity index (χ1v) is 7.46. The highest BCUT2D eigenvalue weighted by atomic mass is 16.4. The highest BCUT2D eigenvalue weighted by Crippen LogP contribution is 2.11. The molecule has 5 heteroatoms. The fourth-order valence-corrected chi connectivity index (χ4v) is 2.35. The number of carbonyl (C=O) groups is 2. The Morgan fingerprint density at radius 1 is 1.17 bits per heavy atom. The van der Waals surface area contributed by atoms with Gasteiger partial charge in [0.2, 0.25) is 0 Å². The average Bonchev–Trinajstić information content (AvgIpc) is 2.51. The summed E-state index contributed by atoms with van der Waals surface area (Å²) in [5.41, 5.74) is 3.07. The molecule has 0 saturated carbocycles. The smallest absolute Gasteiger partial charge is 0.308 e. The van der Waals surface area contributed by atoms with Gasteiger partial charge in [0, 0.05) is 12.2 Å². The molecule has 120 valence electrons. The lowest BCUT2D eigenvalue weighted by Crippen LogP contribution is -2.34. The number of benzene rings is 1. The first-order chi connectivity index (χ1) is 11.0. The quantitative estimate of drug-likeness (QED) is 0.858. The lowest BCUT2D eigenvalue weighted by Gasteiger charge is -2.14. The van der Waals surface area contributed by atoms with Gasteiger partial charge in [0.25, 0.3) is 5.91 Å². The lowest BCUT2D eigenvalue weighted by molar-refractivity contribution is -0.141. The van der Waals surface area contributed by atoms with Crippen molar-refractivity contribution in [2.24, 2.45) is 5.92 Å². The Balaban J connectivity index is 2.00. The maximum atomic E-state index is 12.1. The highest BCUT2D eigenvalue weighted by molar-refractivity contribution is 5.92. The van der Waals surface area contributed by atoms with Crippen molar-refractivity contribution in [2.45, 2.75) is 20.3 Å². The Labute approximate surface area is 135 Å². The molecule has 0 aliphatic rings. The Kier molecular flexibility index (Phi) is 5.46. The second-order valence-electron chi connectivity index (χ2n) is 5.60. The maximum absolute atomic E-state index is 12.1. The number of carboxylic acids is 1. The van der Waals surface area contributed by atoms with Gasteiger partial charge in [-0.05, 0) is 38.0 Å². The van der Waals surface area contributed by atoms with Crippen LogP contribution in [0.2, 0.25) is 0 Å². The molecule has 0 spiro atoms. The molecule has 0 fully saturated rings. The molecular formula is C18H20N2O3. The summed E-state index contributed by atoms with van der Waals surface area (Å²) < 4.78 is 0.